The fourth-order valence-corrected chi connectivity index (χ4v) is 2.35. The molecule has 21 heavy (non-hydrogen) atoms. The van der Waals surface area contributed by atoms with Gasteiger partial charge in [-0.25, -0.2) is 9.97 Å². The molecule has 2 heterocycles. The normalized spacial score (nSPS) is 15.5. The minimum atomic E-state index is 0. The van der Waals surface area contributed by atoms with Crippen LogP contribution in [0.15, 0.2) is 24.3 Å². The first-order valence-electron chi connectivity index (χ1n) is 7.14. The van der Waals surface area contributed by atoms with Crippen LogP contribution in [-0.4, -0.2) is 35.8 Å². The SMILES string of the molecule is CCOc1nc2ccccc2nc1OC1CCNCC1.Cl. The fourth-order valence-electron chi connectivity index (χ4n) is 2.35. The number of aromatic nitrogens is 2. The standard InChI is InChI=1S/C15H19N3O2.ClH/c1-2-19-14-15(20-11-7-9-16-10-8-11)18-13-6-4-3-5-12(13)17-14;/h3-6,11,16H,2,7-10H2,1H3;1H. The summed E-state index contributed by atoms with van der Waals surface area (Å²) in [6.07, 6.45) is 2.16. The van der Waals surface area contributed by atoms with Crippen molar-refractivity contribution in [1.82, 2.24) is 15.3 Å². The number of benzene rings is 1. The smallest absolute Gasteiger partial charge is 0.278 e. The van der Waals surface area contributed by atoms with Crippen LogP contribution in [0.5, 0.6) is 11.8 Å². The summed E-state index contributed by atoms with van der Waals surface area (Å²) >= 11 is 0. The molecule has 5 nitrogen and oxygen atoms in total. The zero-order valence-electron chi connectivity index (χ0n) is 12.0. The lowest BCUT2D eigenvalue weighted by Gasteiger charge is -2.23. The number of nitrogens with one attached hydrogen (secondary N) is 1. The van der Waals surface area contributed by atoms with E-state index in [1.54, 1.807) is 0 Å². The van der Waals surface area contributed by atoms with E-state index in [4.69, 9.17) is 9.47 Å². The first-order chi connectivity index (χ1) is 9.86. The number of piperidine rings is 1. The summed E-state index contributed by atoms with van der Waals surface area (Å²) in [6, 6.07) is 7.76. The van der Waals surface area contributed by atoms with Crippen LogP contribution < -0.4 is 14.8 Å². The quantitative estimate of drug-likeness (QED) is 0.940. The Morgan fingerprint density at radius 2 is 1.71 bits per heavy atom. The summed E-state index contributed by atoms with van der Waals surface area (Å²) in [5, 5.41) is 3.32. The van der Waals surface area contributed by atoms with Gasteiger partial charge in [-0.2, -0.15) is 0 Å². The Balaban J connectivity index is 0.00000161. The van der Waals surface area contributed by atoms with Crippen LogP contribution in [0, 0.1) is 0 Å². The number of hydrogen-bond acceptors (Lipinski definition) is 5. The molecule has 114 valence electrons. The first-order valence-corrected chi connectivity index (χ1v) is 7.14. The Morgan fingerprint density at radius 3 is 2.33 bits per heavy atom. The Morgan fingerprint density at radius 1 is 1.10 bits per heavy atom. The average molecular weight is 310 g/mol. The van der Waals surface area contributed by atoms with Gasteiger partial charge in [0.1, 0.15) is 6.10 Å². The van der Waals surface area contributed by atoms with E-state index in [2.05, 4.69) is 15.3 Å². The van der Waals surface area contributed by atoms with Crippen molar-refractivity contribution in [1.29, 1.82) is 0 Å². The number of ether oxygens (including phenoxy) is 2. The molecule has 1 saturated heterocycles. The third kappa shape index (κ3) is 3.74. The van der Waals surface area contributed by atoms with E-state index in [1.165, 1.54) is 0 Å². The Labute approximate surface area is 130 Å². The van der Waals surface area contributed by atoms with E-state index in [1.807, 2.05) is 31.2 Å². The number of para-hydroxylation sites is 2. The van der Waals surface area contributed by atoms with Gasteiger partial charge >= 0.3 is 0 Å². The molecule has 3 rings (SSSR count). The van der Waals surface area contributed by atoms with Gasteiger partial charge in [-0.3, -0.25) is 0 Å². The number of nitrogens with zero attached hydrogens (tertiary/aromatic N) is 2. The molecular weight excluding hydrogens is 290 g/mol. The second kappa shape index (κ2) is 7.43. The van der Waals surface area contributed by atoms with Gasteiger partial charge in [0.2, 0.25) is 0 Å². The molecule has 1 N–H and O–H groups in total. The number of fused-ring (bicyclic) bond motifs is 1. The van der Waals surface area contributed by atoms with Gasteiger partial charge in [-0.1, -0.05) is 12.1 Å². The average Bonchev–Trinajstić information content (AvgIpc) is 2.49. The van der Waals surface area contributed by atoms with E-state index in [0.717, 1.165) is 37.0 Å². The summed E-state index contributed by atoms with van der Waals surface area (Å²) in [6.45, 7) is 4.45. The van der Waals surface area contributed by atoms with Gasteiger partial charge in [0.25, 0.3) is 11.8 Å². The summed E-state index contributed by atoms with van der Waals surface area (Å²) < 4.78 is 11.6. The van der Waals surface area contributed by atoms with Crippen LogP contribution in [0.1, 0.15) is 19.8 Å². The topological polar surface area (TPSA) is 56.3 Å². The molecule has 0 amide bonds. The van der Waals surface area contributed by atoms with E-state index >= 15 is 0 Å². The molecule has 6 heteroatoms. The maximum atomic E-state index is 6.01. The van der Waals surface area contributed by atoms with Gasteiger partial charge in [0.15, 0.2) is 0 Å². The van der Waals surface area contributed by atoms with Crippen LogP contribution in [0.25, 0.3) is 11.0 Å². The van der Waals surface area contributed by atoms with Crippen molar-refractivity contribution in [2.24, 2.45) is 0 Å². The van der Waals surface area contributed by atoms with Gasteiger partial charge in [0.05, 0.1) is 17.6 Å². The predicted octanol–water partition coefficient (Wildman–Crippen LogP) is 2.58. The summed E-state index contributed by atoms with van der Waals surface area (Å²) in [5.74, 6) is 1.00. The highest BCUT2D eigenvalue weighted by molar-refractivity contribution is 5.85. The molecule has 0 atom stereocenters. The number of halogens is 1. The molecule has 1 aromatic heterocycles. The van der Waals surface area contributed by atoms with E-state index in [9.17, 15) is 0 Å². The van der Waals surface area contributed by atoms with Crippen molar-refractivity contribution in [3.63, 3.8) is 0 Å². The first kappa shape index (κ1) is 15.8. The van der Waals surface area contributed by atoms with Crippen molar-refractivity contribution in [3.8, 4) is 11.8 Å². The summed E-state index contributed by atoms with van der Waals surface area (Å²) in [7, 11) is 0. The molecule has 0 saturated carbocycles. The largest absolute Gasteiger partial charge is 0.474 e. The molecular formula is C15H20ClN3O2. The van der Waals surface area contributed by atoms with Crippen LogP contribution in [0.3, 0.4) is 0 Å². The maximum Gasteiger partial charge on any atom is 0.278 e. The molecule has 0 aliphatic carbocycles. The van der Waals surface area contributed by atoms with E-state index in [0.29, 0.717) is 18.4 Å². The molecule has 1 fully saturated rings. The molecule has 0 bridgehead atoms. The molecule has 2 aromatic rings. The second-order valence-electron chi connectivity index (χ2n) is 4.82. The molecule has 1 aliphatic rings. The third-order valence-corrected chi connectivity index (χ3v) is 3.35. The van der Waals surface area contributed by atoms with Crippen molar-refractivity contribution in [2.45, 2.75) is 25.9 Å². The fraction of sp³-hybridized carbons (Fsp3) is 0.467. The van der Waals surface area contributed by atoms with Crippen LogP contribution in [-0.2, 0) is 0 Å². The number of rotatable bonds is 4. The Kier molecular flexibility index (Phi) is 5.59. The lowest BCUT2D eigenvalue weighted by atomic mass is 10.1. The van der Waals surface area contributed by atoms with Crippen LogP contribution in [0.2, 0.25) is 0 Å². The highest BCUT2D eigenvalue weighted by atomic mass is 35.5. The molecule has 1 aromatic carbocycles. The van der Waals surface area contributed by atoms with Gasteiger partial charge in [-0.15, -0.1) is 12.4 Å². The molecule has 0 unspecified atom stereocenters. The minimum absolute atomic E-state index is 0. The van der Waals surface area contributed by atoms with Gasteiger partial charge < -0.3 is 14.8 Å². The molecule has 0 radical (unpaired) electrons. The highest BCUT2D eigenvalue weighted by Gasteiger charge is 2.19. The van der Waals surface area contributed by atoms with Crippen LogP contribution >= 0.6 is 12.4 Å². The van der Waals surface area contributed by atoms with Gasteiger partial charge in [-0.05, 0) is 45.0 Å². The summed E-state index contributed by atoms with van der Waals surface area (Å²) in [4.78, 5) is 9.06. The summed E-state index contributed by atoms with van der Waals surface area (Å²) in [5.41, 5.74) is 1.66. The van der Waals surface area contributed by atoms with Crippen molar-refractivity contribution in [3.05, 3.63) is 24.3 Å². The molecule has 0 spiro atoms. The molecule has 1 aliphatic heterocycles. The lowest BCUT2D eigenvalue weighted by molar-refractivity contribution is 0.146. The van der Waals surface area contributed by atoms with E-state index in [-0.39, 0.29) is 18.5 Å². The number of hydrogen-bond donors (Lipinski definition) is 1. The third-order valence-electron chi connectivity index (χ3n) is 3.35. The van der Waals surface area contributed by atoms with Gasteiger partial charge in [0, 0.05) is 0 Å². The maximum absolute atomic E-state index is 6.01. The minimum Gasteiger partial charge on any atom is -0.474 e. The van der Waals surface area contributed by atoms with Crippen LogP contribution in [0.4, 0.5) is 0 Å². The Bertz CT molecular complexity index is 588. The highest BCUT2D eigenvalue weighted by Crippen LogP contribution is 2.27. The predicted molar refractivity (Wildman–Crippen MR) is 84.5 cm³/mol. The van der Waals surface area contributed by atoms with Crippen molar-refractivity contribution < 1.29 is 9.47 Å². The zero-order chi connectivity index (χ0) is 13.8. The monoisotopic (exact) mass is 309 g/mol. The van der Waals surface area contributed by atoms with Crippen molar-refractivity contribution >= 4 is 23.4 Å². The van der Waals surface area contributed by atoms with E-state index < -0.39 is 0 Å². The lowest BCUT2D eigenvalue weighted by Crippen LogP contribution is -2.34. The Hall–Kier alpha value is -1.59. The second-order valence-corrected chi connectivity index (χ2v) is 4.82. The zero-order valence-corrected chi connectivity index (χ0v) is 12.9. The van der Waals surface area contributed by atoms with Crippen molar-refractivity contribution in [2.75, 3.05) is 19.7 Å².